The number of carbonyl (C=O) groups is 1. The van der Waals surface area contributed by atoms with Gasteiger partial charge in [-0.3, -0.25) is 9.89 Å². The number of rotatable bonds is 3. The van der Waals surface area contributed by atoms with Crippen molar-refractivity contribution in [1.82, 2.24) is 15.2 Å². The standard InChI is InChI=1S/C14H9F2N3O/c15-10-5-1-3-8(12(10)16)7-11(20)13-9-4-2-6-17-14(9)19-18-13/h1-6H,7H2,(H,17,18,19). The van der Waals surface area contributed by atoms with Gasteiger partial charge in [-0.2, -0.15) is 5.10 Å². The van der Waals surface area contributed by atoms with Crippen LogP contribution in [0.4, 0.5) is 8.78 Å². The molecule has 1 N–H and O–H groups in total. The number of aromatic amines is 1. The lowest BCUT2D eigenvalue weighted by molar-refractivity contribution is 0.0988. The molecule has 0 saturated carbocycles. The van der Waals surface area contributed by atoms with Gasteiger partial charge in [0.1, 0.15) is 5.69 Å². The number of fused-ring (bicyclic) bond motifs is 1. The predicted molar refractivity (Wildman–Crippen MR) is 68.3 cm³/mol. The maximum atomic E-state index is 13.6. The number of Topliss-reactive ketones (excluding diaryl/α,β-unsaturated/α-hetero) is 1. The monoisotopic (exact) mass is 273 g/mol. The number of hydrogen-bond donors (Lipinski definition) is 1. The molecule has 1 aromatic carbocycles. The third kappa shape index (κ3) is 2.05. The Labute approximate surface area is 112 Å². The maximum Gasteiger partial charge on any atom is 0.185 e. The lowest BCUT2D eigenvalue weighted by Gasteiger charge is -2.02. The average molecular weight is 273 g/mol. The topological polar surface area (TPSA) is 58.6 Å². The number of benzene rings is 1. The van der Waals surface area contributed by atoms with Gasteiger partial charge in [0.15, 0.2) is 23.1 Å². The Bertz CT molecular complexity index is 798. The number of halogens is 2. The highest BCUT2D eigenvalue weighted by molar-refractivity contribution is 6.05. The van der Waals surface area contributed by atoms with Crippen LogP contribution in [-0.4, -0.2) is 21.0 Å². The van der Waals surface area contributed by atoms with Crippen LogP contribution >= 0.6 is 0 Å². The third-order valence-electron chi connectivity index (χ3n) is 2.99. The molecule has 3 rings (SSSR count). The normalized spacial score (nSPS) is 10.9. The van der Waals surface area contributed by atoms with E-state index in [1.165, 1.54) is 12.1 Å². The van der Waals surface area contributed by atoms with E-state index in [1.807, 2.05) is 0 Å². The number of pyridine rings is 1. The van der Waals surface area contributed by atoms with E-state index in [-0.39, 0.29) is 23.5 Å². The summed E-state index contributed by atoms with van der Waals surface area (Å²) in [5, 5.41) is 7.05. The van der Waals surface area contributed by atoms with Gasteiger partial charge in [0.2, 0.25) is 0 Å². The SMILES string of the molecule is O=C(Cc1cccc(F)c1F)c1[nH]nc2ncccc12. The van der Waals surface area contributed by atoms with E-state index in [0.717, 1.165) is 6.07 Å². The lowest BCUT2D eigenvalue weighted by Crippen LogP contribution is -2.07. The van der Waals surface area contributed by atoms with Gasteiger partial charge in [0.05, 0.1) is 0 Å². The van der Waals surface area contributed by atoms with Crippen LogP contribution in [0.1, 0.15) is 16.1 Å². The zero-order chi connectivity index (χ0) is 14.1. The van der Waals surface area contributed by atoms with Gasteiger partial charge < -0.3 is 0 Å². The average Bonchev–Trinajstić information content (AvgIpc) is 2.88. The van der Waals surface area contributed by atoms with Crippen molar-refractivity contribution in [2.24, 2.45) is 0 Å². The summed E-state index contributed by atoms with van der Waals surface area (Å²) in [4.78, 5) is 16.2. The van der Waals surface area contributed by atoms with Gasteiger partial charge in [-0.05, 0) is 23.8 Å². The molecule has 0 aliphatic rings. The molecule has 6 heteroatoms. The zero-order valence-electron chi connectivity index (χ0n) is 10.2. The van der Waals surface area contributed by atoms with Crippen molar-refractivity contribution in [1.29, 1.82) is 0 Å². The fraction of sp³-hybridized carbons (Fsp3) is 0.0714. The molecule has 0 saturated heterocycles. The third-order valence-corrected chi connectivity index (χ3v) is 2.99. The van der Waals surface area contributed by atoms with E-state index < -0.39 is 11.6 Å². The number of aromatic nitrogens is 3. The number of H-pyrrole nitrogens is 1. The Balaban J connectivity index is 1.95. The molecule has 100 valence electrons. The van der Waals surface area contributed by atoms with Crippen LogP contribution < -0.4 is 0 Å². The summed E-state index contributed by atoms with van der Waals surface area (Å²) in [6.45, 7) is 0. The van der Waals surface area contributed by atoms with Crippen molar-refractivity contribution in [3.05, 3.63) is 59.4 Å². The van der Waals surface area contributed by atoms with E-state index in [0.29, 0.717) is 11.0 Å². The molecule has 0 bridgehead atoms. The minimum absolute atomic E-state index is 0.0154. The van der Waals surface area contributed by atoms with Crippen LogP contribution in [0.15, 0.2) is 36.5 Å². The van der Waals surface area contributed by atoms with Crippen LogP contribution in [0.2, 0.25) is 0 Å². The summed E-state index contributed by atoms with van der Waals surface area (Å²) in [5.41, 5.74) is 0.675. The first-order valence-corrected chi connectivity index (χ1v) is 5.92. The van der Waals surface area contributed by atoms with E-state index in [4.69, 9.17) is 0 Å². The fourth-order valence-corrected chi connectivity index (χ4v) is 2.01. The molecule has 2 heterocycles. The number of carbonyl (C=O) groups excluding carboxylic acids is 1. The fourth-order valence-electron chi connectivity index (χ4n) is 2.01. The molecule has 0 aliphatic carbocycles. The van der Waals surface area contributed by atoms with Crippen molar-refractivity contribution in [2.75, 3.05) is 0 Å². The van der Waals surface area contributed by atoms with Crippen LogP contribution in [-0.2, 0) is 6.42 Å². The van der Waals surface area contributed by atoms with Crippen LogP contribution in [0, 0.1) is 11.6 Å². The molecular formula is C14H9F2N3O. The molecule has 0 radical (unpaired) electrons. The summed E-state index contributed by atoms with van der Waals surface area (Å²) < 4.78 is 26.7. The highest BCUT2D eigenvalue weighted by Crippen LogP contribution is 2.17. The van der Waals surface area contributed by atoms with E-state index >= 15 is 0 Å². The Morgan fingerprint density at radius 1 is 1.20 bits per heavy atom. The van der Waals surface area contributed by atoms with Gasteiger partial charge in [0, 0.05) is 18.0 Å². The molecular weight excluding hydrogens is 264 g/mol. The first-order chi connectivity index (χ1) is 9.66. The second kappa shape index (κ2) is 4.80. The lowest BCUT2D eigenvalue weighted by atomic mass is 10.0. The summed E-state index contributed by atoms with van der Waals surface area (Å²) >= 11 is 0. The Morgan fingerprint density at radius 3 is 2.90 bits per heavy atom. The van der Waals surface area contributed by atoms with Crippen molar-refractivity contribution >= 4 is 16.8 Å². The highest BCUT2D eigenvalue weighted by Gasteiger charge is 2.17. The molecule has 20 heavy (non-hydrogen) atoms. The number of hydrogen-bond acceptors (Lipinski definition) is 3. The maximum absolute atomic E-state index is 13.6. The van der Waals surface area contributed by atoms with Gasteiger partial charge in [-0.25, -0.2) is 13.8 Å². The molecule has 2 aromatic heterocycles. The zero-order valence-corrected chi connectivity index (χ0v) is 10.2. The first-order valence-electron chi connectivity index (χ1n) is 5.92. The molecule has 0 amide bonds. The summed E-state index contributed by atoms with van der Waals surface area (Å²) in [7, 11) is 0. The number of ketones is 1. The van der Waals surface area contributed by atoms with Crippen molar-refractivity contribution in [3.63, 3.8) is 0 Å². The largest absolute Gasteiger partial charge is 0.292 e. The second-order valence-electron chi connectivity index (χ2n) is 4.29. The molecule has 0 spiro atoms. The number of nitrogens with zero attached hydrogens (tertiary/aromatic N) is 2. The minimum atomic E-state index is -0.997. The molecule has 0 unspecified atom stereocenters. The molecule has 3 aromatic rings. The molecule has 0 aliphatic heterocycles. The number of nitrogens with one attached hydrogen (secondary N) is 1. The highest BCUT2D eigenvalue weighted by atomic mass is 19.2. The second-order valence-corrected chi connectivity index (χ2v) is 4.29. The predicted octanol–water partition coefficient (Wildman–Crippen LogP) is 2.66. The van der Waals surface area contributed by atoms with Gasteiger partial charge in [-0.15, -0.1) is 0 Å². The smallest absolute Gasteiger partial charge is 0.185 e. The van der Waals surface area contributed by atoms with Crippen molar-refractivity contribution < 1.29 is 13.6 Å². The Kier molecular flexibility index (Phi) is 2.98. The van der Waals surface area contributed by atoms with E-state index in [1.54, 1.807) is 18.3 Å². The van der Waals surface area contributed by atoms with Crippen LogP contribution in [0.5, 0.6) is 0 Å². The van der Waals surface area contributed by atoms with Crippen molar-refractivity contribution in [3.8, 4) is 0 Å². The minimum Gasteiger partial charge on any atom is -0.292 e. The Morgan fingerprint density at radius 2 is 2.05 bits per heavy atom. The summed E-state index contributed by atoms with van der Waals surface area (Å²) in [5.74, 6) is -2.33. The van der Waals surface area contributed by atoms with Crippen molar-refractivity contribution in [2.45, 2.75) is 6.42 Å². The van der Waals surface area contributed by atoms with Gasteiger partial charge in [-0.1, -0.05) is 12.1 Å². The van der Waals surface area contributed by atoms with E-state index in [9.17, 15) is 13.6 Å². The van der Waals surface area contributed by atoms with Crippen LogP contribution in [0.3, 0.4) is 0 Å². The molecule has 4 nitrogen and oxygen atoms in total. The quantitative estimate of drug-likeness (QED) is 0.746. The Hall–Kier alpha value is -2.63. The molecule has 0 atom stereocenters. The van der Waals surface area contributed by atoms with Gasteiger partial charge >= 0.3 is 0 Å². The summed E-state index contributed by atoms with van der Waals surface area (Å²) in [6.07, 6.45) is 1.32. The molecule has 0 fully saturated rings. The van der Waals surface area contributed by atoms with Gasteiger partial charge in [0.25, 0.3) is 0 Å². The van der Waals surface area contributed by atoms with E-state index in [2.05, 4.69) is 15.2 Å². The first kappa shape index (κ1) is 12.4. The summed E-state index contributed by atoms with van der Waals surface area (Å²) in [6, 6.07) is 7.14. The van der Waals surface area contributed by atoms with Crippen LogP contribution in [0.25, 0.3) is 11.0 Å².